The molecule has 0 aliphatic carbocycles. The van der Waals surface area contributed by atoms with Crippen LogP contribution >= 0.6 is 11.8 Å². The van der Waals surface area contributed by atoms with E-state index in [0.29, 0.717) is 5.69 Å². The summed E-state index contributed by atoms with van der Waals surface area (Å²) in [5.41, 5.74) is 2.63. The normalized spacial score (nSPS) is 15.0. The number of benzene rings is 2. The van der Waals surface area contributed by atoms with Crippen molar-refractivity contribution in [2.24, 2.45) is 0 Å². The van der Waals surface area contributed by atoms with Crippen LogP contribution in [0.25, 0.3) is 0 Å². The molecule has 2 amide bonds. The molecule has 154 valence electrons. The van der Waals surface area contributed by atoms with Crippen LogP contribution in [0.5, 0.6) is 0 Å². The van der Waals surface area contributed by atoms with Crippen LogP contribution in [0.2, 0.25) is 0 Å². The zero-order valence-corrected chi connectivity index (χ0v) is 17.9. The lowest BCUT2D eigenvalue weighted by Gasteiger charge is -2.26. The fourth-order valence-electron chi connectivity index (χ4n) is 2.91. The van der Waals surface area contributed by atoms with Gasteiger partial charge in [0.15, 0.2) is 0 Å². The molecule has 29 heavy (non-hydrogen) atoms. The van der Waals surface area contributed by atoms with Gasteiger partial charge in [-0.05, 0) is 43.7 Å². The van der Waals surface area contributed by atoms with Gasteiger partial charge in [0, 0.05) is 23.7 Å². The molecule has 0 spiro atoms. The average molecular weight is 434 g/mol. The smallest absolute Gasteiger partial charge is 0.243 e. The van der Waals surface area contributed by atoms with Crippen molar-refractivity contribution in [3.63, 3.8) is 0 Å². The third-order valence-corrected chi connectivity index (χ3v) is 7.46. The van der Waals surface area contributed by atoms with Gasteiger partial charge in [-0.3, -0.25) is 9.59 Å². The van der Waals surface area contributed by atoms with E-state index in [1.54, 1.807) is 12.1 Å². The Labute approximate surface area is 174 Å². The van der Waals surface area contributed by atoms with Crippen LogP contribution in [0.1, 0.15) is 11.1 Å². The summed E-state index contributed by atoms with van der Waals surface area (Å²) in [6.45, 7) is 4.29. The SMILES string of the molecule is Cc1ccc(C)c(SCC(=O)Nc2cccc(S(=O)(=O)N3CCNC(=O)C3)c2)c1. The van der Waals surface area contributed by atoms with E-state index in [1.165, 1.54) is 23.9 Å². The molecule has 2 N–H and O–H groups in total. The first-order valence-electron chi connectivity index (χ1n) is 9.12. The van der Waals surface area contributed by atoms with E-state index >= 15 is 0 Å². The quantitative estimate of drug-likeness (QED) is 0.681. The number of hydrogen-bond donors (Lipinski definition) is 2. The second-order valence-electron chi connectivity index (χ2n) is 6.82. The third-order valence-electron chi connectivity index (χ3n) is 4.46. The Bertz CT molecular complexity index is 1040. The molecule has 7 nitrogen and oxygen atoms in total. The molecule has 2 aromatic rings. The lowest BCUT2D eigenvalue weighted by atomic mass is 10.2. The van der Waals surface area contributed by atoms with Crippen molar-refractivity contribution >= 4 is 39.3 Å². The van der Waals surface area contributed by atoms with Gasteiger partial charge in [0.1, 0.15) is 0 Å². The molecule has 1 heterocycles. The van der Waals surface area contributed by atoms with Crippen LogP contribution < -0.4 is 10.6 Å². The molecule has 2 aromatic carbocycles. The molecule has 0 bridgehead atoms. The van der Waals surface area contributed by atoms with E-state index < -0.39 is 10.0 Å². The molecule has 1 aliphatic heterocycles. The highest BCUT2D eigenvalue weighted by molar-refractivity contribution is 8.00. The Morgan fingerprint density at radius 1 is 1.21 bits per heavy atom. The summed E-state index contributed by atoms with van der Waals surface area (Å²) in [5, 5.41) is 5.35. The molecular formula is C20H23N3O4S2. The number of nitrogens with zero attached hydrogens (tertiary/aromatic N) is 1. The minimum Gasteiger partial charge on any atom is -0.354 e. The summed E-state index contributed by atoms with van der Waals surface area (Å²) in [4.78, 5) is 25.0. The number of aryl methyl sites for hydroxylation is 2. The van der Waals surface area contributed by atoms with Gasteiger partial charge in [0.2, 0.25) is 21.8 Å². The van der Waals surface area contributed by atoms with Crippen LogP contribution in [0.3, 0.4) is 0 Å². The maximum Gasteiger partial charge on any atom is 0.243 e. The first-order valence-corrected chi connectivity index (χ1v) is 11.5. The van der Waals surface area contributed by atoms with Crippen molar-refractivity contribution < 1.29 is 18.0 Å². The summed E-state index contributed by atoms with van der Waals surface area (Å²) in [6.07, 6.45) is 0. The van der Waals surface area contributed by atoms with Gasteiger partial charge >= 0.3 is 0 Å². The van der Waals surface area contributed by atoms with Crippen LogP contribution in [-0.2, 0) is 19.6 Å². The number of piperazine rings is 1. The number of rotatable bonds is 6. The van der Waals surface area contributed by atoms with Crippen molar-refractivity contribution in [1.82, 2.24) is 9.62 Å². The Hall–Kier alpha value is -2.36. The molecular weight excluding hydrogens is 410 g/mol. The van der Waals surface area contributed by atoms with Gasteiger partial charge in [-0.1, -0.05) is 23.8 Å². The van der Waals surface area contributed by atoms with Crippen LogP contribution in [0.4, 0.5) is 5.69 Å². The first kappa shape index (κ1) is 21.4. The number of carbonyl (C=O) groups excluding carboxylic acids is 2. The van der Waals surface area contributed by atoms with Crippen molar-refractivity contribution in [3.8, 4) is 0 Å². The summed E-state index contributed by atoms with van der Waals surface area (Å²) < 4.78 is 26.7. The lowest BCUT2D eigenvalue weighted by Crippen LogP contribution is -2.49. The average Bonchev–Trinajstić information content (AvgIpc) is 2.69. The van der Waals surface area contributed by atoms with Gasteiger partial charge in [0.25, 0.3) is 0 Å². The second kappa shape index (κ2) is 8.98. The topological polar surface area (TPSA) is 95.6 Å². The molecule has 1 saturated heterocycles. The van der Waals surface area contributed by atoms with E-state index in [9.17, 15) is 18.0 Å². The zero-order valence-electron chi connectivity index (χ0n) is 16.3. The molecule has 0 radical (unpaired) electrons. The van der Waals surface area contributed by atoms with Crippen molar-refractivity contribution in [2.45, 2.75) is 23.6 Å². The number of nitrogens with one attached hydrogen (secondary N) is 2. The van der Waals surface area contributed by atoms with E-state index in [2.05, 4.69) is 10.6 Å². The maximum absolute atomic E-state index is 12.8. The highest BCUT2D eigenvalue weighted by Crippen LogP contribution is 2.24. The van der Waals surface area contributed by atoms with Crippen molar-refractivity contribution in [3.05, 3.63) is 53.6 Å². The Morgan fingerprint density at radius 2 is 2.00 bits per heavy atom. The molecule has 0 atom stereocenters. The van der Waals surface area contributed by atoms with Crippen molar-refractivity contribution in [2.75, 3.05) is 30.7 Å². The number of hydrogen-bond acceptors (Lipinski definition) is 5. The highest BCUT2D eigenvalue weighted by atomic mass is 32.2. The summed E-state index contributed by atoms with van der Waals surface area (Å²) in [6, 6.07) is 12.2. The van der Waals surface area contributed by atoms with Crippen LogP contribution in [0.15, 0.2) is 52.3 Å². The largest absolute Gasteiger partial charge is 0.354 e. The first-order chi connectivity index (χ1) is 13.8. The Balaban J connectivity index is 1.67. The van der Waals surface area contributed by atoms with Gasteiger partial charge in [0.05, 0.1) is 17.2 Å². The maximum atomic E-state index is 12.8. The van der Waals surface area contributed by atoms with E-state index in [4.69, 9.17) is 0 Å². The van der Waals surface area contributed by atoms with Gasteiger partial charge < -0.3 is 10.6 Å². The predicted octanol–water partition coefficient (Wildman–Crippen LogP) is 2.15. The summed E-state index contributed by atoms with van der Waals surface area (Å²) >= 11 is 1.44. The van der Waals surface area contributed by atoms with Crippen LogP contribution in [-0.4, -0.2) is 49.9 Å². The molecule has 0 saturated carbocycles. The molecule has 3 rings (SSSR count). The minimum atomic E-state index is -3.80. The highest BCUT2D eigenvalue weighted by Gasteiger charge is 2.29. The molecule has 0 unspecified atom stereocenters. The van der Waals surface area contributed by atoms with E-state index in [0.717, 1.165) is 20.3 Å². The van der Waals surface area contributed by atoms with Gasteiger partial charge in [-0.25, -0.2) is 8.42 Å². The van der Waals surface area contributed by atoms with Gasteiger partial charge in [-0.2, -0.15) is 4.31 Å². The van der Waals surface area contributed by atoms with E-state index in [-0.39, 0.29) is 42.1 Å². The van der Waals surface area contributed by atoms with E-state index in [1.807, 2.05) is 32.0 Å². The fraction of sp³-hybridized carbons (Fsp3) is 0.300. The number of amides is 2. The lowest BCUT2D eigenvalue weighted by molar-refractivity contribution is -0.122. The zero-order chi connectivity index (χ0) is 21.0. The number of thioether (sulfide) groups is 1. The van der Waals surface area contributed by atoms with Crippen LogP contribution in [0, 0.1) is 13.8 Å². The Morgan fingerprint density at radius 3 is 2.76 bits per heavy atom. The monoisotopic (exact) mass is 433 g/mol. The third kappa shape index (κ3) is 5.37. The van der Waals surface area contributed by atoms with Gasteiger partial charge in [-0.15, -0.1) is 11.8 Å². The summed E-state index contributed by atoms with van der Waals surface area (Å²) in [5.74, 6) is -0.330. The fourth-order valence-corrected chi connectivity index (χ4v) is 5.27. The molecule has 1 aliphatic rings. The molecule has 9 heteroatoms. The summed E-state index contributed by atoms with van der Waals surface area (Å²) in [7, 11) is -3.80. The number of anilines is 1. The number of carbonyl (C=O) groups is 2. The molecule has 1 fully saturated rings. The molecule has 0 aromatic heterocycles. The number of sulfonamides is 1. The second-order valence-corrected chi connectivity index (χ2v) is 9.78. The Kier molecular flexibility index (Phi) is 6.61. The minimum absolute atomic E-state index is 0.0483. The standard InChI is InChI=1S/C20H23N3O4S2/c1-14-6-7-15(2)18(10-14)28-13-20(25)22-16-4-3-5-17(11-16)29(26,27)23-9-8-21-19(24)12-23/h3-7,10-11H,8-9,12-13H2,1-2H3,(H,21,24)(H,22,25). The van der Waals surface area contributed by atoms with Crippen molar-refractivity contribution in [1.29, 1.82) is 0 Å². The predicted molar refractivity (Wildman–Crippen MR) is 113 cm³/mol.